The van der Waals surface area contributed by atoms with Crippen molar-refractivity contribution in [1.29, 1.82) is 0 Å². The Hall–Kier alpha value is -1.24. The molecule has 0 heterocycles. The van der Waals surface area contributed by atoms with Crippen molar-refractivity contribution in [2.24, 2.45) is 0 Å². The van der Waals surface area contributed by atoms with Crippen LogP contribution < -0.4 is 11.1 Å². The van der Waals surface area contributed by atoms with Gasteiger partial charge in [-0.3, -0.25) is 4.79 Å². The van der Waals surface area contributed by atoms with Crippen molar-refractivity contribution in [3.05, 3.63) is 22.7 Å². The summed E-state index contributed by atoms with van der Waals surface area (Å²) in [4.78, 5) is 11.0. The van der Waals surface area contributed by atoms with Gasteiger partial charge in [0.1, 0.15) is 6.42 Å². The number of carbonyl (C=O) groups excluding carboxylic acids is 1. The molecule has 0 aliphatic rings. The number of carbonyl (C=O) groups is 1. The minimum Gasteiger partial charge on any atom is -0.397 e. The molecule has 1 rings (SSSR count). The number of nitrogen functional groups attached to an aromatic ring is 1. The molecule has 0 saturated carbocycles. The van der Waals surface area contributed by atoms with Crippen LogP contribution in [-0.2, 0) is 4.79 Å². The van der Waals surface area contributed by atoms with E-state index in [-0.39, 0.29) is 11.4 Å². The molecule has 1 aromatic carbocycles. The fraction of sp³-hybridized carbons (Fsp3) is 0.222. The first kappa shape index (κ1) is 12.8. The summed E-state index contributed by atoms with van der Waals surface area (Å²) < 4.78 is 36.3. The van der Waals surface area contributed by atoms with Crippen molar-refractivity contribution in [2.45, 2.75) is 12.6 Å². The zero-order valence-electron chi connectivity index (χ0n) is 7.94. The van der Waals surface area contributed by atoms with E-state index in [1.165, 1.54) is 12.1 Å². The normalized spacial score (nSPS) is 11.2. The minimum absolute atomic E-state index is 0.164. The molecule has 0 atom stereocenters. The van der Waals surface area contributed by atoms with Crippen molar-refractivity contribution in [3.63, 3.8) is 0 Å². The van der Waals surface area contributed by atoms with Crippen molar-refractivity contribution >= 4 is 33.2 Å². The number of nitrogens with one attached hydrogen (secondary N) is 1. The molecule has 7 heteroatoms. The maximum absolute atomic E-state index is 11.9. The summed E-state index contributed by atoms with van der Waals surface area (Å²) in [7, 11) is 0. The maximum atomic E-state index is 11.9. The van der Waals surface area contributed by atoms with Gasteiger partial charge in [-0.25, -0.2) is 0 Å². The molecule has 0 aromatic heterocycles. The highest BCUT2D eigenvalue weighted by atomic mass is 79.9. The Balaban J connectivity index is 2.70. The first-order valence-electron chi connectivity index (χ1n) is 4.19. The standard InChI is InChI=1S/C9H8BrF3N2O/c10-5-1-2-7(6(14)3-5)15-8(16)4-9(11,12)13/h1-3H,4,14H2,(H,15,16). The first-order valence-corrected chi connectivity index (χ1v) is 4.99. The topological polar surface area (TPSA) is 55.1 Å². The van der Waals surface area contributed by atoms with Crippen LogP contribution in [0.4, 0.5) is 24.5 Å². The Labute approximate surface area is 97.9 Å². The molecule has 0 aliphatic carbocycles. The zero-order valence-corrected chi connectivity index (χ0v) is 9.52. The fourth-order valence-electron chi connectivity index (χ4n) is 1.02. The lowest BCUT2D eigenvalue weighted by atomic mass is 10.2. The second-order valence-electron chi connectivity index (χ2n) is 3.07. The Morgan fingerprint density at radius 2 is 2.06 bits per heavy atom. The Morgan fingerprint density at radius 1 is 1.44 bits per heavy atom. The van der Waals surface area contributed by atoms with Crippen LogP contribution in [0.3, 0.4) is 0 Å². The SMILES string of the molecule is Nc1cc(Br)ccc1NC(=O)CC(F)(F)F. The molecule has 0 aliphatic heterocycles. The number of alkyl halides is 3. The van der Waals surface area contributed by atoms with Gasteiger partial charge in [-0.05, 0) is 18.2 Å². The quantitative estimate of drug-likeness (QED) is 0.825. The predicted octanol–water partition coefficient (Wildman–Crippen LogP) is 2.92. The summed E-state index contributed by atoms with van der Waals surface area (Å²) in [6, 6.07) is 4.48. The number of anilines is 2. The number of rotatable bonds is 2. The van der Waals surface area contributed by atoms with Crippen LogP contribution >= 0.6 is 15.9 Å². The predicted molar refractivity (Wildman–Crippen MR) is 57.9 cm³/mol. The lowest BCUT2D eigenvalue weighted by molar-refractivity contribution is -0.150. The number of hydrogen-bond donors (Lipinski definition) is 2. The molecule has 3 N–H and O–H groups in total. The van der Waals surface area contributed by atoms with E-state index >= 15 is 0 Å². The number of benzene rings is 1. The van der Waals surface area contributed by atoms with Gasteiger partial charge in [0.2, 0.25) is 5.91 Å². The van der Waals surface area contributed by atoms with Gasteiger partial charge < -0.3 is 11.1 Å². The molecule has 0 spiro atoms. The van der Waals surface area contributed by atoms with E-state index in [2.05, 4.69) is 21.2 Å². The monoisotopic (exact) mass is 296 g/mol. The van der Waals surface area contributed by atoms with Gasteiger partial charge in [0.05, 0.1) is 11.4 Å². The summed E-state index contributed by atoms with van der Waals surface area (Å²) in [5.41, 5.74) is 5.87. The van der Waals surface area contributed by atoms with Crippen LogP contribution in [0.15, 0.2) is 22.7 Å². The largest absolute Gasteiger partial charge is 0.397 e. The van der Waals surface area contributed by atoms with E-state index in [9.17, 15) is 18.0 Å². The van der Waals surface area contributed by atoms with Crippen molar-refractivity contribution < 1.29 is 18.0 Å². The smallest absolute Gasteiger partial charge is 0.397 e. The molecule has 0 bridgehead atoms. The third-order valence-corrected chi connectivity index (χ3v) is 2.14. The summed E-state index contributed by atoms with van der Waals surface area (Å²) in [6.07, 6.45) is -6.04. The Bertz CT molecular complexity index is 406. The molecule has 0 saturated heterocycles. The molecule has 0 radical (unpaired) electrons. The molecule has 0 unspecified atom stereocenters. The summed E-state index contributed by atoms with van der Waals surface area (Å²) >= 11 is 3.14. The van der Waals surface area contributed by atoms with E-state index in [0.717, 1.165) is 0 Å². The second-order valence-corrected chi connectivity index (χ2v) is 3.99. The minimum atomic E-state index is -4.52. The first-order chi connectivity index (χ1) is 7.28. The van der Waals surface area contributed by atoms with Gasteiger partial charge in [0, 0.05) is 4.47 Å². The van der Waals surface area contributed by atoms with Crippen molar-refractivity contribution in [2.75, 3.05) is 11.1 Å². The lowest BCUT2D eigenvalue weighted by Crippen LogP contribution is -2.21. The van der Waals surface area contributed by atoms with Gasteiger partial charge in [0.25, 0.3) is 0 Å². The van der Waals surface area contributed by atoms with Crippen LogP contribution in [0.2, 0.25) is 0 Å². The van der Waals surface area contributed by atoms with Gasteiger partial charge in [0.15, 0.2) is 0 Å². The Morgan fingerprint density at radius 3 is 2.56 bits per heavy atom. The van der Waals surface area contributed by atoms with Gasteiger partial charge in [-0.1, -0.05) is 15.9 Å². The van der Waals surface area contributed by atoms with Gasteiger partial charge in [-0.2, -0.15) is 13.2 Å². The number of amides is 1. The molecule has 1 aromatic rings. The van der Waals surface area contributed by atoms with Crippen LogP contribution in [0.25, 0.3) is 0 Å². The molecular weight excluding hydrogens is 289 g/mol. The average molecular weight is 297 g/mol. The number of halogens is 4. The lowest BCUT2D eigenvalue weighted by Gasteiger charge is -2.09. The summed E-state index contributed by atoms with van der Waals surface area (Å²) in [6.45, 7) is 0. The number of nitrogens with two attached hydrogens (primary N) is 1. The molecular formula is C9H8BrF3N2O. The van der Waals surface area contributed by atoms with Crippen LogP contribution in [-0.4, -0.2) is 12.1 Å². The third kappa shape index (κ3) is 4.09. The van der Waals surface area contributed by atoms with E-state index in [1.54, 1.807) is 6.07 Å². The van der Waals surface area contributed by atoms with Gasteiger partial charge in [-0.15, -0.1) is 0 Å². The third-order valence-electron chi connectivity index (χ3n) is 1.65. The van der Waals surface area contributed by atoms with Crippen molar-refractivity contribution in [1.82, 2.24) is 0 Å². The van der Waals surface area contributed by atoms with E-state index in [0.29, 0.717) is 4.47 Å². The Kier molecular flexibility index (Phi) is 3.79. The van der Waals surface area contributed by atoms with Crippen LogP contribution in [0.1, 0.15) is 6.42 Å². The second kappa shape index (κ2) is 4.73. The zero-order chi connectivity index (χ0) is 12.3. The fourth-order valence-corrected chi connectivity index (χ4v) is 1.40. The highest BCUT2D eigenvalue weighted by molar-refractivity contribution is 9.10. The molecule has 0 fully saturated rings. The van der Waals surface area contributed by atoms with Crippen LogP contribution in [0, 0.1) is 0 Å². The maximum Gasteiger partial charge on any atom is 0.397 e. The van der Waals surface area contributed by atoms with Crippen molar-refractivity contribution in [3.8, 4) is 0 Å². The van der Waals surface area contributed by atoms with E-state index in [4.69, 9.17) is 5.73 Å². The number of hydrogen-bond acceptors (Lipinski definition) is 2. The van der Waals surface area contributed by atoms with Gasteiger partial charge >= 0.3 is 6.18 Å². The van der Waals surface area contributed by atoms with E-state index < -0.39 is 18.5 Å². The highest BCUT2D eigenvalue weighted by Gasteiger charge is 2.31. The summed E-state index contributed by atoms with van der Waals surface area (Å²) in [5.74, 6) is -1.14. The molecule has 3 nitrogen and oxygen atoms in total. The average Bonchev–Trinajstić information content (AvgIpc) is 2.06. The highest BCUT2D eigenvalue weighted by Crippen LogP contribution is 2.25. The van der Waals surface area contributed by atoms with E-state index in [1.807, 2.05) is 0 Å². The molecule has 1 amide bonds. The summed E-state index contributed by atoms with van der Waals surface area (Å²) in [5, 5.41) is 2.09. The van der Waals surface area contributed by atoms with Crippen LogP contribution in [0.5, 0.6) is 0 Å². The molecule has 88 valence electrons. The molecule has 16 heavy (non-hydrogen) atoms.